The monoisotopic (exact) mass is 455 g/mol. The minimum absolute atomic E-state index is 0.110. The molecular weight excluding hydrogens is 430 g/mol. The molecule has 0 aliphatic heterocycles. The number of benzene rings is 2. The number of carbonyl (C=O) groups excluding carboxylic acids is 2. The Morgan fingerprint density at radius 3 is 2.55 bits per heavy atom. The molecule has 1 aromatic heterocycles. The predicted octanol–water partition coefficient (Wildman–Crippen LogP) is 4.46. The van der Waals surface area contributed by atoms with Crippen molar-refractivity contribution in [3.8, 4) is 22.9 Å². The molecule has 33 heavy (non-hydrogen) atoms. The molecule has 0 saturated heterocycles. The van der Waals surface area contributed by atoms with Crippen LogP contribution in [0.3, 0.4) is 0 Å². The number of ether oxygens (including phenoxy) is 4. The molecule has 0 spiro atoms. The first-order valence-electron chi connectivity index (χ1n) is 10.0. The number of nitrogens with zero attached hydrogens (tertiary/aromatic N) is 2. The van der Waals surface area contributed by atoms with Crippen LogP contribution in [0, 0.1) is 0 Å². The highest BCUT2D eigenvalue weighted by molar-refractivity contribution is 5.92. The number of amides is 1. The number of esters is 1. The zero-order valence-corrected chi connectivity index (χ0v) is 19.0. The van der Waals surface area contributed by atoms with Gasteiger partial charge in [-0.1, -0.05) is 11.2 Å². The molecule has 3 aromatic rings. The number of hydrogen-bond acceptors (Lipinski definition) is 9. The average molecular weight is 455 g/mol. The number of nitrogens with one attached hydrogen (secondary N) is 1. The van der Waals surface area contributed by atoms with Crippen LogP contribution in [0.2, 0.25) is 0 Å². The lowest BCUT2D eigenvalue weighted by Crippen LogP contribution is -2.27. The van der Waals surface area contributed by atoms with Crippen molar-refractivity contribution in [2.24, 2.45) is 0 Å². The molecule has 1 N–H and O–H groups in total. The maximum absolute atomic E-state index is 12.4. The van der Waals surface area contributed by atoms with Crippen molar-refractivity contribution in [3.63, 3.8) is 0 Å². The highest BCUT2D eigenvalue weighted by Crippen LogP contribution is 2.31. The predicted molar refractivity (Wildman–Crippen MR) is 118 cm³/mol. The molecule has 10 nitrogen and oxygen atoms in total. The molecule has 0 atom stereocenters. The first kappa shape index (κ1) is 23.6. The van der Waals surface area contributed by atoms with E-state index in [-0.39, 0.29) is 23.9 Å². The summed E-state index contributed by atoms with van der Waals surface area (Å²) in [4.78, 5) is 28.6. The summed E-state index contributed by atoms with van der Waals surface area (Å²) in [5, 5.41) is 6.49. The van der Waals surface area contributed by atoms with E-state index in [1.165, 1.54) is 13.2 Å². The van der Waals surface area contributed by atoms with Gasteiger partial charge in [0, 0.05) is 11.8 Å². The number of rotatable bonds is 7. The summed E-state index contributed by atoms with van der Waals surface area (Å²) in [5.41, 5.74) is 0.588. The molecule has 3 rings (SSSR count). The smallest absolute Gasteiger partial charge is 0.412 e. The Bertz CT molecular complexity index is 1140. The Hall–Kier alpha value is -4.08. The Morgan fingerprint density at radius 1 is 1.06 bits per heavy atom. The summed E-state index contributed by atoms with van der Waals surface area (Å²) in [5.74, 6) is 0.901. The van der Waals surface area contributed by atoms with Gasteiger partial charge < -0.3 is 23.5 Å². The molecule has 1 heterocycles. The molecule has 0 saturated carbocycles. The normalized spacial score (nSPS) is 10.9. The lowest BCUT2D eigenvalue weighted by Gasteiger charge is -2.19. The standard InChI is InChI=1S/C23H25N3O7/c1-23(2,3)32-22(28)24-15-8-6-7-14(11-15)21(27)31-13-19-25-20(26-33-19)17-10-9-16(29-4)12-18(17)30-5/h6-12H,13H2,1-5H3,(H,24,28). The van der Waals surface area contributed by atoms with Gasteiger partial charge in [-0.05, 0) is 51.1 Å². The fourth-order valence-corrected chi connectivity index (χ4v) is 2.76. The number of hydrogen-bond donors (Lipinski definition) is 1. The summed E-state index contributed by atoms with van der Waals surface area (Å²) in [7, 11) is 3.07. The highest BCUT2D eigenvalue weighted by atomic mass is 16.6. The van der Waals surface area contributed by atoms with Crippen LogP contribution in [0.4, 0.5) is 10.5 Å². The van der Waals surface area contributed by atoms with E-state index in [0.717, 1.165) is 0 Å². The SMILES string of the molecule is COc1ccc(-c2noc(COC(=O)c3cccc(NC(=O)OC(C)(C)C)c3)n2)c(OC)c1. The van der Waals surface area contributed by atoms with Crippen LogP contribution in [-0.4, -0.2) is 42.0 Å². The summed E-state index contributed by atoms with van der Waals surface area (Å²) < 4.78 is 26.2. The second-order valence-corrected chi connectivity index (χ2v) is 7.86. The van der Waals surface area contributed by atoms with E-state index in [1.54, 1.807) is 64.3 Å². The summed E-state index contributed by atoms with van der Waals surface area (Å²) in [6.07, 6.45) is -0.625. The third-order valence-corrected chi connectivity index (χ3v) is 4.19. The molecule has 1 amide bonds. The molecule has 174 valence electrons. The minimum Gasteiger partial charge on any atom is -0.497 e. The number of aromatic nitrogens is 2. The van der Waals surface area contributed by atoms with E-state index in [2.05, 4.69) is 15.5 Å². The third-order valence-electron chi connectivity index (χ3n) is 4.19. The molecule has 0 aliphatic carbocycles. The van der Waals surface area contributed by atoms with Gasteiger partial charge in [0.1, 0.15) is 17.1 Å². The van der Waals surface area contributed by atoms with Gasteiger partial charge in [0.15, 0.2) is 6.61 Å². The summed E-state index contributed by atoms with van der Waals surface area (Å²) >= 11 is 0. The number of carbonyl (C=O) groups is 2. The first-order valence-corrected chi connectivity index (χ1v) is 10.0. The van der Waals surface area contributed by atoms with E-state index in [1.807, 2.05) is 0 Å². The van der Waals surface area contributed by atoms with E-state index in [9.17, 15) is 9.59 Å². The van der Waals surface area contributed by atoms with Crippen LogP contribution in [-0.2, 0) is 16.1 Å². The molecule has 0 fully saturated rings. The highest BCUT2D eigenvalue weighted by Gasteiger charge is 2.18. The van der Waals surface area contributed by atoms with Gasteiger partial charge in [0.25, 0.3) is 5.89 Å². The lowest BCUT2D eigenvalue weighted by molar-refractivity contribution is 0.0429. The van der Waals surface area contributed by atoms with Crippen molar-refractivity contribution in [1.82, 2.24) is 10.1 Å². The Kier molecular flexibility index (Phi) is 7.17. The van der Waals surface area contributed by atoms with Gasteiger partial charge in [0.2, 0.25) is 5.82 Å². The zero-order valence-electron chi connectivity index (χ0n) is 19.0. The van der Waals surface area contributed by atoms with Crippen molar-refractivity contribution in [3.05, 3.63) is 53.9 Å². The van der Waals surface area contributed by atoms with Gasteiger partial charge in [-0.15, -0.1) is 0 Å². The molecule has 2 aromatic carbocycles. The van der Waals surface area contributed by atoms with Crippen LogP contribution in [0.25, 0.3) is 11.4 Å². The van der Waals surface area contributed by atoms with E-state index in [0.29, 0.717) is 22.7 Å². The Morgan fingerprint density at radius 2 is 1.85 bits per heavy atom. The fourth-order valence-electron chi connectivity index (χ4n) is 2.76. The van der Waals surface area contributed by atoms with Crippen molar-refractivity contribution in [2.45, 2.75) is 33.0 Å². The third kappa shape index (κ3) is 6.45. The second-order valence-electron chi connectivity index (χ2n) is 7.86. The number of methoxy groups -OCH3 is 2. The molecule has 0 aliphatic rings. The van der Waals surface area contributed by atoms with Crippen LogP contribution in [0.15, 0.2) is 47.0 Å². The lowest BCUT2D eigenvalue weighted by atomic mass is 10.2. The largest absolute Gasteiger partial charge is 0.497 e. The van der Waals surface area contributed by atoms with Gasteiger partial charge in [-0.3, -0.25) is 5.32 Å². The molecular formula is C23H25N3O7. The number of anilines is 1. The van der Waals surface area contributed by atoms with Gasteiger partial charge >= 0.3 is 12.1 Å². The Balaban J connectivity index is 1.63. The molecule has 0 bridgehead atoms. The summed E-state index contributed by atoms with van der Waals surface area (Å²) in [6, 6.07) is 11.5. The van der Waals surface area contributed by atoms with Crippen molar-refractivity contribution in [2.75, 3.05) is 19.5 Å². The van der Waals surface area contributed by atoms with Crippen molar-refractivity contribution >= 4 is 17.7 Å². The van der Waals surface area contributed by atoms with Crippen LogP contribution < -0.4 is 14.8 Å². The maximum Gasteiger partial charge on any atom is 0.412 e. The zero-order chi connectivity index (χ0) is 24.0. The van der Waals surface area contributed by atoms with Crippen LogP contribution >= 0.6 is 0 Å². The quantitative estimate of drug-likeness (QED) is 0.515. The van der Waals surface area contributed by atoms with E-state index >= 15 is 0 Å². The van der Waals surface area contributed by atoms with Gasteiger partial charge in [0.05, 0.1) is 25.3 Å². The van der Waals surface area contributed by atoms with Crippen LogP contribution in [0.1, 0.15) is 37.0 Å². The molecule has 0 unspecified atom stereocenters. The Labute approximate surface area is 190 Å². The second kappa shape index (κ2) is 10.0. The van der Waals surface area contributed by atoms with Gasteiger partial charge in [-0.2, -0.15) is 4.98 Å². The van der Waals surface area contributed by atoms with E-state index in [4.69, 9.17) is 23.5 Å². The van der Waals surface area contributed by atoms with Gasteiger partial charge in [-0.25, -0.2) is 9.59 Å². The fraction of sp³-hybridized carbons (Fsp3) is 0.304. The van der Waals surface area contributed by atoms with E-state index < -0.39 is 17.7 Å². The molecule has 0 radical (unpaired) electrons. The first-order chi connectivity index (χ1) is 15.7. The maximum atomic E-state index is 12.4. The van der Waals surface area contributed by atoms with Crippen molar-refractivity contribution < 1.29 is 33.1 Å². The minimum atomic E-state index is -0.639. The average Bonchev–Trinajstić information content (AvgIpc) is 3.24. The van der Waals surface area contributed by atoms with Crippen LogP contribution in [0.5, 0.6) is 11.5 Å². The van der Waals surface area contributed by atoms with Crippen molar-refractivity contribution in [1.29, 1.82) is 0 Å². The molecule has 10 heteroatoms. The topological polar surface area (TPSA) is 122 Å². The summed E-state index contributed by atoms with van der Waals surface area (Å²) in [6.45, 7) is 5.05.